The van der Waals surface area contributed by atoms with E-state index in [1.165, 1.54) is 18.9 Å². The first-order chi connectivity index (χ1) is 14.2. The number of likely N-dealkylation sites (tertiary alicyclic amines) is 1. The standard InChI is InChI=1S/C23H27N3O3/c1-29-21-9-5-4-8-18(21)10-15-22(27)24-19-11-13-20(14-12-19)25-23(28)26-16-6-2-3-7-17-26/h4-5,8-15H,2-3,6-7,16-17H2,1H3,(H,24,27)(H,25,28)/b15-10+. The minimum absolute atomic E-state index is 0.0663. The van der Waals surface area contributed by atoms with Crippen LogP contribution in [-0.4, -0.2) is 37.0 Å². The Morgan fingerprint density at radius 3 is 2.17 bits per heavy atom. The van der Waals surface area contributed by atoms with Crippen molar-refractivity contribution >= 4 is 29.4 Å². The summed E-state index contributed by atoms with van der Waals surface area (Å²) < 4.78 is 5.27. The van der Waals surface area contributed by atoms with Gasteiger partial charge in [0.2, 0.25) is 5.91 Å². The minimum Gasteiger partial charge on any atom is -0.496 e. The Labute approximate surface area is 171 Å². The maximum absolute atomic E-state index is 12.4. The number of nitrogens with one attached hydrogen (secondary N) is 2. The van der Waals surface area contributed by atoms with Crippen molar-refractivity contribution in [1.29, 1.82) is 0 Å². The first-order valence-corrected chi connectivity index (χ1v) is 9.94. The minimum atomic E-state index is -0.239. The fourth-order valence-corrected chi connectivity index (χ4v) is 3.27. The highest BCUT2D eigenvalue weighted by Crippen LogP contribution is 2.19. The quantitative estimate of drug-likeness (QED) is 0.720. The fourth-order valence-electron chi connectivity index (χ4n) is 3.27. The van der Waals surface area contributed by atoms with Gasteiger partial charge >= 0.3 is 6.03 Å². The van der Waals surface area contributed by atoms with E-state index < -0.39 is 0 Å². The van der Waals surface area contributed by atoms with Crippen LogP contribution in [0.5, 0.6) is 5.75 Å². The van der Waals surface area contributed by atoms with Crippen LogP contribution in [0.1, 0.15) is 31.2 Å². The Balaban J connectivity index is 1.53. The van der Waals surface area contributed by atoms with Crippen LogP contribution in [0, 0.1) is 0 Å². The summed E-state index contributed by atoms with van der Waals surface area (Å²) in [4.78, 5) is 26.4. The molecule has 2 aromatic rings. The number of urea groups is 1. The summed E-state index contributed by atoms with van der Waals surface area (Å²) in [5.74, 6) is 0.471. The molecule has 3 amide bonds. The van der Waals surface area contributed by atoms with Crippen molar-refractivity contribution in [2.45, 2.75) is 25.7 Å². The number of hydrogen-bond donors (Lipinski definition) is 2. The lowest BCUT2D eigenvalue weighted by molar-refractivity contribution is -0.111. The Bertz CT molecular complexity index is 854. The zero-order valence-corrected chi connectivity index (χ0v) is 16.7. The van der Waals surface area contributed by atoms with E-state index in [1.807, 2.05) is 29.2 Å². The number of ether oxygens (including phenoxy) is 1. The van der Waals surface area contributed by atoms with Crippen LogP contribution >= 0.6 is 0 Å². The molecule has 29 heavy (non-hydrogen) atoms. The van der Waals surface area contributed by atoms with Gasteiger partial charge in [0.15, 0.2) is 0 Å². The van der Waals surface area contributed by atoms with Crippen molar-refractivity contribution < 1.29 is 14.3 Å². The molecule has 0 radical (unpaired) electrons. The SMILES string of the molecule is COc1ccccc1/C=C/C(=O)Nc1ccc(NC(=O)N2CCCCCC2)cc1. The Morgan fingerprint density at radius 2 is 1.52 bits per heavy atom. The van der Waals surface area contributed by atoms with Gasteiger partial charge in [0.05, 0.1) is 7.11 Å². The van der Waals surface area contributed by atoms with Gasteiger partial charge in [0.1, 0.15) is 5.75 Å². The van der Waals surface area contributed by atoms with Crippen LogP contribution < -0.4 is 15.4 Å². The first-order valence-electron chi connectivity index (χ1n) is 9.94. The lowest BCUT2D eigenvalue weighted by atomic mass is 10.2. The van der Waals surface area contributed by atoms with Gasteiger partial charge in [-0.05, 0) is 49.2 Å². The molecule has 1 aliphatic rings. The van der Waals surface area contributed by atoms with Crippen molar-refractivity contribution in [2.24, 2.45) is 0 Å². The van der Waals surface area contributed by atoms with Gasteiger partial charge in [-0.3, -0.25) is 4.79 Å². The van der Waals surface area contributed by atoms with Crippen LogP contribution in [0.3, 0.4) is 0 Å². The van der Waals surface area contributed by atoms with Gasteiger partial charge < -0.3 is 20.3 Å². The molecule has 0 aliphatic carbocycles. The summed E-state index contributed by atoms with van der Waals surface area (Å²) in [6, 6.07) is 14.5. The molecule has 0 unspecified atom stereocenters. The van der Waals surface area contributed by atoms with E-state index in [-0.39, 0.29) is 11.9 Å². The van der Waals surface area contributed by atoms with E-state index in [1.54, 1.807) is 37.5 Å². The molecule has 1 heterocycles. The van der Waals surface area contributed by atoms with Crippen LogP contribution in [0.25, 0.3) is 6.08 Å². The van der Waals surface area contributed by atoms with Gasteiger partial charge in [-0.2, -0.15) is 0 Å². The highest BCUT2D eigenvalue weighted by atomic mass is 16.5. The lowest BCUT2D eigenvalue weighted by Crippen LogP contribution is -2.35. The number of hydrogen-bond acceptors (Lipinski definition) is 3. The van der Waals surface area contributed by atoms with Crippen molar-refractivity contribution in [1.82, 2.24) is 4.90 Å². The highest BCUT2D eigenvalue weighted by molar-refractivity contribution is 6.02. The Morgan fingerprint density at radius 1 is 0.897 bits per heavy atom. The molecule has 0 spiro atoms. The molecule has 0 bridgehead atoms. The van der Waals surface area contributed by atoms with Gasteiger partial charge in [-0.1, -0.05) is 31.0 Å². The predicted molar refractivity (Wildman–Crippen MR) is 116 cm³/mol. The smallest absolute Gasteiger partial charge is 0.321 e. The molecule has 2 aromatic carbocycles. The van der Waals surface area contributed by atoms with E-state index in [0.717, 1.165) is 31.5 Å². The monoisotopic (exact) mass is 393 g/mol. The molecule has 0 saturated carbocycles. The fraction of sp³-hybridized carbons (Fsp3) is 0.304. The second-order valence-electron chi connectivity index (χ2n) is 6.97. The predicted octanol–water partition coefficient (Wildman–Crippen LogP) is 4.76. The number of carbonyl (C=O) groups is 2. The Kier molecular flexibility index (Phi) is 7.28. The summed E-state index contributed by atoms with van der Waals surface area (Å²) in [7, 11) is 1.60. The van der Waals surface area contributed by atoms with Crippen LogP contribution in [0.15, 0.2) is 54.6 Å². The maximum atomic E-state index is 12.4. The van der Waals surface area contributed by atoms with Crippen LogP contribution in [-0.2, 0) is 4.79 Å². The van der Waals surface area contributed by atoms with Crippen molar-refractivity contribution in [3.05, 3.63) is 60.2 Å². The number of benzene rings is 2. The summed E-state index contributed by atoms with van der Waals surface area (Å²) in [6.45, 7) is 1.61. The van der Waals surface area contributed by atoms with Crippen molar-refractivity contribution in [3.8, 4) is 5.75 Å². The number of nitrogens with zero attached hydrogens (tertiary/aromatic N) is 1. The molecule has 6 nitrogen and oxygen atoms in total. The summed E-state index contributed by atoms with van der Waals surface area (Å²) in [5.41, 5.74) is 2.20. The molecule has 152 valence electrons. The number of rotatable bonds is 5. The van der Waals surface area contributed by atoms with E-state index in [4.69, 9.17) is 4.74 Å². The van der Waals surface area contributed by atoms with Gasteiger partial charge in [-0.25, -0.2) is 4.79 Å². The Hall–Kier alpha value is -3.28. The van der Waals surface area contributed by atoms with Crippen LogP contribution in [0.4, 0.5) is 16.2 Å². The average Bonchev–Trinajstić information content (AvgIpc) is 3.03. The van der Waals surface area contributed by atoms with E-state index in [0.29, 0.717) is 17.1 Å². The van der Waals surface area contributed by atoms with Gasteiger partial charge in [0.25, 0.3) is 0 Å². The zero-order valence-electron chi connectivity index (χ0n) is 16.7. The molecule has 1 fully saturated rings. The van der Waals surface area contributed by atoms with E-state index in [2.05, 4.69) is 10.6 Å². The average molecular weight is 393 g/mol. The van der Waals surface area contributed by atoms with E-state index >= 15 is 0 Å². The molecule has 2 N–H and O–H groups in total. The van der Waals surface area contributed by atoms with Crippen LogP contribution in [0.2, 0.25) is 0 Å². The third-order valence-corrected chi connectivity index (χ3v) is 4.85. The largest absolute Gasteiger partial charge is 0.496 e. The molecular weight excluding hydrogens is 366 g/mol. The molecule has 0 atom stereocenters. The number of para-hydroxylation sites is 1. The molecule has 1 aliphatic heterocycles. The molecule has 1 saturated heterocycles. The molecule has 6 heteroatoms. The second kappa shape index (κ2) is 10.3. The summed E-state index contributed by atoms with van der Waals surface area (Å²) >= 11 is 0. The van der Waals surface area contributed by atoms with E-state index in [9.17, 15) is 9.59 Å². The number of carbonyl (C=O) groups excluding carboxylic acids is 2. The summed E-state index contributed by atoms with van der Waals surface area (Å²) in [6.07, 6.45) is 7.66. The number of amides is 3. The third kappa shape index (κ3) is 6.10. The zero-order chi connectivity index (χ0) is 20.5. The molecule has 3 rings (SSSR count). The maximum Gasteiger partial charge on any atom is 0.321 e. The van der Waals surface area contributed by atoms with Crippen molar-refractivity contribution in [2.75, 3.05) is 30.8 Å². The molecule has 0 aromatic heterocycles. The third-order valence-electron chi connectivity index (χ3n) is 4.85. The lowest BCUT2D eigenvalue weighted by Gasteiger charge is -2.20. The second-order valence-corrected chi connectivity index (χ2v) is 6.97. The normalized spacial score (nSPS) is 14.3. The molecular formula is C23H27N3O3. The first kappa shape index (κ1) is 20.5. The van der Waals surface area contributed by atoms with Gasteiger partial charge in [0, 0.05) is 36.1 Å². The highest BCUT2D eigenvalue weighted by Gasteiger charge is 2.15. The number of anilines is 2. The van der Waals surface area contributed by atoms with Gasteiger partial charge in [-0.15, -0.1) is 0 Å². The topological polar surface area (TPSA) is 70.7 Å². The number of methoxy groups -OCH3 is 1. The van der Waals surface area contributed by atoms with Crippen molar-refractivity contribution in [3.63, 3.8) is 0 Å². The summed E-state index contributed by atoms with van der Waals surface area (Å²) in [5, 5.41) is 5.74.